The minimum absolute atomic E-state index is 0.725. The lowest BCUT2D eigenvalue weighted by Gasteiger charge is -2.12. The Morgan fingerprint density at radius 2 is 1.10 bits per heavy atom. The van der Waals surface area contributed by atoms with Gasteiger partial charge in [0.25, 0.3) is 0 Å². The van der Waals surface area contributed by atoms with Gasteiger partial charge in [-0.25, -0.2) is 0 Å². The van der Waals surface area contributed by atoms with Crippen LogP contribution < -0.4 is 0 Å². The lowest BCUT2D eigenvalue weighted by Crippen LogP contribution is -1.99. The minimum Gasteiger partial charge on any atom is -0.148 e. The Labute approximate surface area is 135 Å². The molecule has 0 N–H and O–H groups in total. The molecule has 2 saturated heterocycles. The summed E-state index contributed by atoms with van der Waals surface area (Å²) in [4.78, 5) is 0. The Bertz CT molecular complexity index is 607. The first kappa shape index (κ1) is 13.8. The molecule has 2 aliphatic rings. The minimum atomic E-state index is 0.725. The molecule has 0 amide bonds. The van der Waals surface area contributed by atoms with E-state index in [0.717, 1.165) is 27.4 Å². The van der Waals surface area contributed by atoms with Gasteiger partial charge in [-0.1, -0.05) is 62.4 Å². The highest BCUT2D eigenvalue weighted by atomic mass is 32.2. The van der Waals surface area contributed by atoms with E-state index in [4.69, 9.17) is 0 Å². The van der Waals surface area contributed by atoms with Crippen LogP contribution in [0.25, 0.3) is 0 Å². The number of hydrogen-bond acceptors (Lipinski definition) is 2. The second-order valence-electron chi connectivity index (χ2n) is 6.10. The van der Waals surface area contributed by atoms with E-state index in [1.54, 1.807) is 11.1 Å². The fourth-order valence-electron chi connectivity index (χ4n) is 3.17. The molecule has 0 radical (unpaired) electrons. The van der Waals surface area contributed by atoms with Crippen LogP contribution in [0.5, 0.6) is 0 Å². The Morgan fingerprint density at radius 1 is 0.714 bits per heavy atom. The largest absolute Gasteiger partial charge is 0.148 e. The fraction of sp³-hybridized carbons (Fsp3) is 0.368. The van der Waals surface area contributed by atoms with Gasteiger partial charge in [-0.2, -0.15) is 0 Å². The Balaban J connectivity index is 1.65. The van der Waals surface area contributed by atoms with Gasteiger partial charge < -0.3 is 0 Å². The predicted molar refractivity (Wildman–Crippen MR) is 95.3 cm³/mol. The molecule has 2 aliphatic heterocycles. The van der Waals surface area contributed by atoms with Gasteiger partial charge in [-0.3, -0.25) is 0 Å². The lowest BCUT2D eigenvalue weighted by atomic mass is 9.93. The zero-order valence-corrected chi connectivity index (χ0v) is 14.1. The molecule has 108 valence electrons. The first-order valence-corrected chi connectivity index (χ1v) is 9.59. The summed E-state index contributed by atoms with van der Waals surface area (Å²) in [5, 5.41) is 3.03. The Hall–Kier alpha value is -0.860. The van der Waals surface area contributed by atoms with Gasteiger partial charge in [0, 0.05) is 21.0 Å². The molecule has 2 heterocycles. The summed E-state index contributed by atoms with van der Waals surface area (Å²) in [5.74, 6) is 0. The highest BCUT2D eigenvalue weighted by molar-refractivity contribution is 8.07. The van der Waals surface area contributed by atoms with Crippen LogP contribution in [0.15, 0.2) is 48.5 Å². The van der Waals surface area contributed by atoms with E-state index >= 15 is 0 Å². The molecule has 2 heteroatoms. The van der Waals surface area contributed by atoms with E-state index in [-0.39, 0.29) is 0 Å². The van der Waals surface area contributed by atoms with Gasteiger partial charge in [0.15, 0.2) is 0 Å². The van der Waals surface area contributed by atoms with Gasteiger partial charge in [0.1, 0.15) is 0 Å². The Kier molecular flexibility index (Phi) is 3.55. The topological polar surface area (TPSA) is 0 Å². The molecular formula is C19H20S2. The van der Waals surface area contributed by atoms with Crippen molar-refractivity contribution in [1.82, 2.24) is 0 Å². The zero-order chi connectivity index (χ0) is 14.4. The van der Waals surface area contributed by atoms with Crippen LogP contribution >= 0.6 is 23.5 Å². The third-order valence-electron chi connectivity index (χ3n) is 4.53. The van der Waals surface area contributed by atoms with Crippen molar-refractivity contribution in [3.8, 4) is 0 Å². The molecule has 0 nitrogen and oxygen atoms in total. The second-order valence-corrected chi connectivity index (χ2v) is 9.15. The van der Waals surface area contributed by atoms with Crippen LogP contribution in [0.2, 0.25) is 0 Å². The van der Waals surface area contributed by atoms with Gasteiger partial charge >= 0.3 is 0 Å². The summed E-state index contributed by atoms with van der Waals surface area (Å²) < 4.78 is 0. The quantitative estimate of drug-likeness (QED) is 0.671. The molecule has 2 aromatic carbocycles. The summed E-state index contributed by atoms with van der Waals surface area (Å²) in [6, 6.07) is 18.1. The molecule has 21 heavy (non-hydrogen) atoms. The van der Waals surface area contributed by atoms with Crippen molar-refractivity contribution in [2.45, 2.75) is 41.3 Å². The van der Waals surface area contributed by atoms with Gasteiger partial charge in [-0.15, -0.1) is 23.5 Å². The van der Waals surface area contributed by atoms with Crippen molar-refractivity contribution >= 4 is 23.5 Å². The van der Waals surface area contributed by atoms with Gasteiger partial charge in [0.2, 0.25) is 0 Å². The zero-order valence-electron chi connectivity index (χ0n) is 12.5. The molecule has 0 saturated carbocycles. The standard InChI is InChI=1S/C19H20S2/c1-12-18(20-12)16-9-5-3-7-14(16)11-15-8-4-6-10-17(15)19-13(2)21-19/h3-10,12-13,18-19H,11H2,1-2H3. The van der Waals surface area contributed by atoms with Gasteiger partial charge in [0.05, 0.1) is 0 Å². The number of rotatable bonds is 4. The molecular weight excluding hydrogens is 292 g/mol. The average Bonchev–Trinajstić information content (AvgIpc) is 3.39. The number of benzene rings is 2. The lowest BCUT2D eigenvalue weighted by molar-refractivity contribution is 0.975. The van der Waals surface area contributed by atoms with E-state index < -0.39 is 0 Å². The summed E-state index contributed by atoms with van der Waals surface area (Å²) in [7, 11) is 0. The van der Waals surface area contributed by atoms with Crippen LogP contribution in [0.1, 0.15) is 46.6 Å². The van der Waals surface area contributed by atoms with Crippen molar-refractivity contribution in [2.75, 3.05) is 0 Å². The first-order chi connectivity index (χ1) is 10.2. The summed E-state index contributed by atoms with van der Waals surface area (Å²) in [6.07, 6.45) is 1.08. The molecule has 4 atom stereocenters. The average molecular weight is 313 g/mol. The van der Waals surface area contributed by atoms with Gasteiger partial charge in [-0.05, 0) is 28.7 Å². The van der Waals surface area contributed by atoms with E-state index in [2.05, 4.69) is 85.9 Å². The maximum atomic E-state index is 2.34. The van der Waals surface area contributed by atoms with Crippen molar-refractivity contribution in [3.05, 3.63) is 70.8 Å². The predicted octanol–water partition coefficient (Wildman–Crippen LogP) is 5.63. The van der Waals surface area contributed by atoms with Crippen LogP contribution in [0.3, 0.4) is 0 Å². The fourth-order valence-corrected chi connectivity index (χ4v) is 4.96. The SMILES string of the molecule is CC1SC1c1ccccc1Cc1ccccc1C1SC1C. The summed E-state index contributed by atoms with van der Waals surface area (Å²) in [6.45, 7) is 4.67. The highest BCUT2D eigenvalue weighted by Crippen LogP contribution is 2.57. The van der Waals surface area contributed by atoms with Crippen LogP contribution in [0.4, 0.5) is 0 Å². The molecule has 0 spiro atoms. The van der Waals surface area contributed by atoms with E-state index in [0.29, 0.717) is 0 Å². The summed E-state index contributed by atoms with van der Waals surface area (Å²) in [5.41, 5.74) is 6.15. The third kappa shape index (κ3) is 2.76. The van der Waals surface area contributed by atoms with Crippen LogP contribution in [-0.2, 0) is 6.42 Å². The highest BCUT2D eigenvalue weighted by Gasteiger charge is 2.38. The van der Waals surface area contributed by atoms with E-state index in [1.807, 2.05) is 0 Å². The van der Waals surface area contributed by atoms with Crippen LogP contribution in [-0.4, -0.2) is 10.5 Å². The Morgan fingerprint density at radius 3 is 1.48 bits per heavy atom. The molecule has 4 unspecified atom stereocenters. The van der Waals surface area contributed by atoms with Crippen molar-refractivity contribution in [3.63, 3.8) is 0 Å². The monoisotopic (exact) mass is 312 g/mol. The molecule has 4 rings (SSSR count). The molecule has 2 aromatic rings. The van der Waals surface area contributed by atoms with Crippen molar-refractivity contribution in [1.29, 1.82) is 0 Å². The molecule has 2 fully saturated rings. The van der Waals surface area contributed by atoms with Crippen LogP contribution in [0, 0.1) is 0 Å². The van der Waals surface area contributed by atoms with E-state index in [1.165, 1.54) is 11.1 Å². The van der Waals surface area contributed by atoms with Crippen molar-refractivity contribution in [2.24, 2.45) is 0 Å². The maximum Gasteiger partial charge on any atom is 0.0419 e. The third-order valence-corrected chi connectivity index (χ3v) is 7.21. The summed E-state index contributed by atoms with van der Waals surface area (Å²) >= 11 is 4.18. The van der Waals surface area contributed by atoms with Crippen molar-refractivity contribution < 1.29 is 0 Å². The smallest absolute Gasteiger partial charge is 0.0419 e. The first-order valence-electron chi connectivity index (χ1n) is 7.70. The second kappa shape index (κ2) is 5.40. The maximum absolute atomic E-state index is 2.34. The van der Waals surface area contributed by atoms with E-state index in [9.17, 15) is 0 Å². The normalized spacial score (nSPS) is 30.2. The molecule has 0 aliphatic carbocycles. The number of hydrogen-bond donors (Lipinski definition) is 0. The molecule has 0 bridgehead atoms. The number of thioether (sulfide) groups is 2. The molecule has 0 aromatic heterocycles.